The zero-order valence-corrected chi connectivity index (χ0v) is 11.3. The average molecular weight is 292 g/mol. The lowest BCUT2D eigenvalue weighted by molar-refractivity contribution is 0.615. The molecule has 1 aliphatic rings. The van der Waals surface area contributed by atoms with Crippen LogP contribution < -0.4 is 5.32 Å². The molecule has 0 unspecified atom stereocenters. The number of hydrogen-bond donors (Lipinski definition) is 1. The van der Waals surface area contributed by atoms with Crippen LogP contribution in [0.4, 0.5) is 5.95 Å². The van der Waals surface area contributed by atoms with Crippen molar-refractivity contribution < 1.29 is 0 Å². The lowest BCUT2D eigenvalue weighted by Gasteiger charge is -2.16. The van der Waals surface area contributed by atoms with Gasteiger partial charge in [-0.1, -0.05) is 28.1 Å². The number of halogens is 1. The third kappa shape index (κ3) is 1.86. The van der Waals surface area contributed by atoms with Gasteiger partial charge in [0.05, 0.1) is 5.69 Å². The normalized spacial score (nSPS) is 14.2. The summed E-state index contributed by atoms with van der Waals surface area (Å²) < 4.78 is 3.36. The number of benzene rings is 1. The predicted molar refractivity (Wildman–Crippen MR) is 73.2 cm³/mol. The van der Waals surface area contributed by atoms with Crippen LogP contribution in [0, 0.1) is 6.92 Å². The molecule has 3 nitrogen and oxygen atoms in total. The van der Waals surface area contributed by atoms with E-state index in [4.69, 9.17) is 0 Å². The standard InChI is InChI=1S/C13H14BrN3/c1-9-12(10-3-5-11(14)6-4-10)16-13-15-7-2-8-17(9)13/h3-6H,2,7-8H2,1H3,(H,15,16). The Morgan fingerprint density at radius 3 is 2.76 bits per heavy atom. The smallest absolute Gasteiger partial charge is 0.203 e. The number of nitrogens with zero attached hydrogens (tertiary/aromatic N) is 2. The lowest BCUT2D eigenvalue weighted by Crippen LogP contribution is -2.17. The van der Waals surface area contributed by atoms with Crippen molar-refractivity contribution in [3.05, 3.63) is 34.4 Å². The maximum atomic E-state index is 4.69. The van der Waals surface area contributed by atoms with E-state index in [-0.39, 0.29) is 0 Å². The third-order valence-corrected chi connectivity index (χ3v) is 3.71. The molecule has 1 N–H and O–H groups in total. The molecule has 0 fully saturated rings. The van der Waals surface area contributed by atoms with E-state index in [1.807, 2.05) is 0 Å². The molecule has 0 radical (unpaired) electrons. The molecule has 1 aromatic heterocycles. The molecule has 4 heteroatoms. The summed E-state index contributed by atoms with van der Waals surface area (Å²) in [4.78, 5) is 4.69. The Kier molecular flexibility index (Phi) is 2.67. The monoisotopic (exact) mass is 291 g/mol. The molecule has 1 aliphatic heterocycles. The Labute approximate surface area is 109 Å². The van der Waals surface area contributed by atoms with Gasteiger partial charge in [0, 0.05) is 28.8 Å². The fourth-order valence-electron chi connectivity index (χ4n) is 2.26. The number of fused-ring (bicyclic) bond motifs is 1. The van der Waals surface area contributed by atoms with E-state index < -0.39 is 0 Å². The number of rotatable bonds is 1. The Morgan fingerprint density at radius 2 is 2.06 bits per heavy atom. The highest BCUT2D eigenvalue weighted by Gasteiger charge is 2.17. The van der Waals surface area contributed by atoms with Crippen molar-refractivity contribution in [1.29, 1.82) is 0 Å². The Bertz CT molecular complexity index is 543. The summed E-state index contributed by atoms with van der Waals surface area (Å²) >= 11 is 3.46. The summed E-state index contributed by atoms with van der Waals surface area (Å²) in [6, 6.07) is 8.32. The van der Waals surface area contributed by atoms with E-state index in [9.17, 15) is 0 Å². The minimum absolute atomic E-state index is 1.01. The average Bonchev–Trinajstić information content (AvgIpc) is 2.69. The van der Waals surface area contributed by atoms with E-state index in [2.05, 4.69) is 62.0 Å². The molecule has 2 aromatic rings. The number of anilines is 1. The highest BCUT2D eigenvalue weighted by atomic mass is 79.9. The fraction of sp³-hybridized carbons (Fsp3) is 0.308. The molecule has 0 saturated carbocycles. The zero-order valence-electron chi connectivity index (χ0n) is 9.70. The van der Waals surface area contributed by atoms with E-state index in [1.165, 1.54) is 17.7 Å². The topological polar surface area (TPSA) is 29.9 Å². The summed E-state index contributed by atoms with van der Waals surface area (Å²) in [5.74, 6) is 1.01. The highest BCUT2D eigenvalue weighted by Crippen LogP contribution is 2.28. The Morgan fingerprint density at radius 1 is 1.29 bits per heavy atom. The summed E-state index contributed by atoms with van der Waals surface area (Å²) in [7, 11) is 0. The van der Waals surface area contributed by atoms with Gasteiger partial charge < -0.3 is 9.88 Å². The first-order valence-corrected chi connectivity index (χ1v) is 6.62. The van der Waals surface area contributed by atoms with E-state index in [1.54, 1.807) is 0 Å². The summed E-state index contributed by atoms with van der Waals surface area (Å²) in [6.45, 7) is 4.23. The van der Waals surface area contributed by atoms with Crippen LogP contribution in [0.25, 0.3) is 11.3 Å². The van der Waals surface area contributed by atoms with Gasteiger partial charge in [-0.25, -0.2) is 4.98 Å². The minimum atomic E-state index is 1.01. The largest absolute Gasteiger partial charge is 0.356 e. The second-order valence-electron chi connectivity index (χ2n) is 4.31. The van der Waals surface area contributed by atoms with Gasteiger partial charge >= 0.3 is 0 Å². The van der Waals surface area contributed by atoms with Crippen molar-refractivity contribution in [2.45, 2.75) is 19.9 Å². The first-order valence-electron chi connectivity index (χ1n) is 5.82. The molecule has 0 saturated heterocycles. The van der Waals surface area contributed by atoms with Crippen LogP contribution in [-0.4, -0.2) is 16.1 Å². The van der Waals surface area contributed by atoms with Gasteiger partial charge in [-0.2, -0.15) is 0 Å². The molecule has 3 rings (SSSR count). The van der Waals surface area contributed by atoms with Crippen LogP contribution in [0.5, 0.6) is 0 Å². The summed E-state index contributed by atoms with van der Waals surface area (Å²) in [5, 5.41) is 3.35. The number of aromatic nitrogens is 2. The minimum Gasteiger partial charge on any atom is -0.356 e. The van der Waals surface area contributed by atoms with Crippen molar-refractivity contribution in [3.8, 4) is 11.3 Å². The number of imidazole rings is 1. The molecule has 0 aliphatic carbocycles. The van der Waals surface area contributed by atoms with Crippen molar-refractivity contribution in [2.24, 2.45) is 0 Å². The van der Waals surface area contributed by atoms with Crippen LogP contribution in [0.1, 0.15) is 12.1 Å². The number of hydrogen-bond acceptors (Lipinski definition) is 2. The van der Waals surface area contributed by atoms with Crippen molar-refractivity contribution in [2.75, 3.05) is 11.9 Å². The van der Waals surface area contributed by atoms with Crippen molar-refractivity contribution in [1.82, 2.24) is 9.55 Å². The van der Waals surface area contributed by atoms with Gasteiger partial charge in [0.15, 0.2) is 0 Å². The number of nitrogens with one attached hydrogen (secondary N) is 1. The molecular weight excluding hydrogens is 278 g/mol. The van der Waals surface area contributed by atoms with Gasteiger partial charge in [-0.05, 0) is 25.5 Å². The van der Waals surface area contributed by atoms with Gasteiger partial charge in [-0.3, -0.25) is 0 Å². The maximum Gasteiger partial charge on any atom is 0.203 e. The fourth-order valence-corrected chi connectivity index (χ4v) is 2.53. The van der Waals surface area contributed by atoms with Crippen LogP contribution in [0.15, 0.2) is 28.7 Å². The first kappa shape index (κ1) is 10.8. The van der Waals surface area contributed by atoms with Crippen molar-refractivity contribution >= 4 is 21.9 Å². The molecule has 1 aromatic carbocycles. The Hall–Kier alpha value is -1.29. The molecule has 2 heterocycles. The van der Waals surface area contributed by atoms with Gasteiger partial charge in [0.25, 0.3) is 0 Å². The molecule has 0 bridgehead atoms. The molecule has 0 spiro atoms. The lowest BCUT2D eigenvalue weighted by atomic mass is 10.1. The summed E-state index contributed by atoms with van der Waals surface area (Å²) in [6.07, 6.45) is 1.17. The Balaban J connectivity index is 2.09. The first-order chi connectivity index (χ1) is 8.25. The summed E-state index contributed by atoms with van der Waals surface area (Å²) in [5.41, 5.74) is 3.51. The molecule has 88 valence electrons. The van der Waals surface area contributed by atoms with Crippen LogP contribution in [0.3, 0.4) is 0 Å². The molecule has 17 heavy (non-hydrogen) atoms. The quantitative estimate of drug-likeness (QED) is 0.872. The van der Waals surface area contributed by atoms with Gasteiger partial charge in [0.1, 0.15) is 0 Å². The molecular formula is C13H14BrN3. The van der Waals surface area contributed by atoms with Crippen molar-refractivity contribution in [3.63, 3.8) is 0 Å². The molecule has 0 atom stereocenters. The maximum absolute atomic E-state index is 4.69. The van der Waals surface area contributed by atoms with Gasteiger partial charge in [-0.15, -0.1) is 0 Å². The van der Waals surface area contributed by atoms with Crippen LogP contribution in [-0.2, 0) is 6.54 Å². The zero-order chi connectivity index (χ0) is 11.8. The SMILES string of the molecule is Cc1c(-c2ccc(Br)cc2)nc2n1CCCN2. The van der Waals surface area contributed by atoms with Crippen LogP contribution >= 0.6 is 15.9 Å². The predicted octanol–water partition coefficient (Wildman–Crippen LogP) is 3.44. The van der Waals surface area contributed by atoms with E-state index >= 15 is 0 Å². The molecule has 0 amide bonds. The third-order valence-electron chi connectivity index (χ3n) is 3.18. The van der Waals surface area contributed by atoms with Crippen LogP contribution in [0.2, 0.25) is 0 Å². The van der Waals surface area contributed by atoms with Gasteiger partial charge in [0.2, 0.25) is 5.95 Å². The second kappa shape index (κ2) is 4.18. The van der Waals surface area contributed by atoms with E-state index in [0.717, 1.165) is 29.2 Å². The highest BCUT2D eigenvalue weighted by molar-refractivity contribution is 9.10. The second-order valence-corrected chi connectivity index (χ2v) is 5.22. The van der Waals surface area contributed by atoms with E-state index in [0.29, 0.717) is 0 Å².